The summed E-state index contributed by atoms with van der Waals surface area (Å²) in [5.41, 5.74) is 6.33. The summed E-state index contributed by atoms with van der Waals surface area (Å²) in [6.07, 6.45) is 3.71. The monoisotopic (exact) mass is 272 g/mol. The number of hydrogen-bond acceptors (Lipinski definition) is 2. The number of benzene rings is 1. The summed E-state index contributed by atoms with van der Waals surface area (Å²) in [6.45, 7) is 0. The Bertz CT molecular complexity index is 443. The highest BCUT2D eigenvalue weighted by Crippen LogP contribution is 2.42. The van der Waals surface area contributed by atoms with E-state index in [1.165, 1.54) is 6.07 Å². The van der Waals surface area contributed by atoms with E-state index < -0.39 is 11.6 Å². The highest BCUT2D eigenvalue weighted by atomic mass is 35.5. The molecule has 1 aromatic carbocycles. The van der Waals surface area contributed by atoms with Crippen LogP contribution in [-0.2, 0) is 0 Å². The first-order valence-electron chi connectivity index (χ1n) is 6.24. The minimum absolute atomic E-state index is 0.153. The Morgan fingerprint density at radius 2 is 1.78 bits per heavy atom. The van der Waals surface area contributed by atoms with E-state index in [4.69, 9.17) is 17.3 Å². The lowest BCUT2D eigenvalue weighted by atomic mass is 9.97. The summed E-state index contributed by atoms with van der Waals surface area (Å²) in [5.74, 6) is -1.21. The van der Waals surface area contributed by atoms with Gasteiger partial charge in [-0.3, -0.25) is 0 Å². The number of anilines is 1. The third-order valence-electron chi connectivity index (χ3n) is 4.01. The van der Waals surface area contributed by atoms with Gasteiger partial charge in [0.05, 0.1) is 10.7 Å². The average molecular weight is 273 g/mol. The summed E-state index contributed by atoms with van der Waals surface area (Å²) in [7, 11) is 0. The van der Waals surface area contributed by atoms with Gasteiger partial charge >= 0.3 is 0 Å². The highest BCUT2D eigenvalue weighted by Gasteiger charge is 2.41. The zero-order valence-electron chi connectivity index (χ0n) is 9.87. The number of piperidine rings is 1. The summed E-state index contributed by atoms with van der Waals surface area (Å²) >= 11 is 6.01. The summed E-state index contributed by atoms with van der Waals surface area (Å²) in [4.78, 5) is 2.01. The maximum atomic E-state index is 14.0. The molecule has 2 saturated heterocycles. The predicted molar refractivity (Wildman–Crippen MR) is 67.9 cm³/mol. The van der Waals surface area contributed by atoms with Crippen molar-refractivity contribution in [2.45, 2.75) is 43.8 Å². The van der Waals surface area contributed by atoms with Crippen LogP contribution in [0.5, 0.6) is 0 Å². The lowest BCUT2D eigenvalue weighted by Gasteiger charge is -2.40. The van der Waals surface area contributed by atoms with Crippen molar-refractivity contribution in [3.05, 3.63) is 28.8 Å². The fraction of sp³-hybridized carbons (Fsp3) is 0.538. The van der Waals surface area contributed by atoms with E-state index in [-0.39, 0.29) is 23.1 Å². The van der Waals surface area contributed by atoms with Gasteiger partial charge in [0.25, 0.3) is 0 Å². The number of rotatable bonds is 1. The van der Waals surface area contributed by atoms with Crippen LogP contribution >= 0.6 is 11.6 Å². The molecule has 2 heterocycles. The third kappa shape index (κ3) is 1.88. The Kier molecular flexibility index (Phi) is 2.94. The van der Waals surface area contributed by atoms with Gasteiger partial charge in [-0.15, -0.1) is 0 Å². The molecule has 3 rings (SSSR count). The fourth-order valence-corrected chi connectivity index (χ4v) is 3.66. The van der Waals surface area contributed by atoms with Crippen molar-refractivity contribution in [1.29, 1.82) is 0 Å². The zero-order valence-corrected chi connectivity index (χ0v) is 10.6. The highest BCUT2D eigenvalue weighted by molar-refractivity contribution is 6.33. The lowest BCUT2D eigenvalue weighted by molar-refractivity contribution is 0.409. The molecule has 98 valence electrons. The summed E-state index contributed by atoms with van der Waals surface area (Å²) < 4.78 is 27.1. The van der Waals surface area contributed by atoms with Crippen molar-refractivity contribution in [3.63, 3.8) is 0 Å². The zero-order chi connectivity index (χ0) is 12.9. The largest absolute Gasteiger partial charge is 0.362 e. The van der Waals surface area contributed by atoms with Crippen LogP contribution < -0.4 is 10.6 Å². The minimum atomic E-state index is -0.637. The van der Waals surface area contributed by atoms with Gasteiger partial charge in [-0.2, -0.15) is 0 Å². The van der Waals surface area contributed by atoms with Crippen LogP contribution in [0.25, 0.3) is 0 Å². The molecular weight excluding hydrogens is 258 g/mol. The minimum Gasteiger partial charge on any atom is -0.362 e. The van der Waals surface area contributed by atoms with Crippen molar-refractivity contribution in [2.24, 2.45) is 5.73 Å². The molecule has 2 atom stereocenters. The van der Waals surface area contributed by atoms with Gasteiger partial charge in [-0.1, -0.05) is 11.6 Å². The van der Waals surface area contributed by atoms with Crippen molar-refractivity contribution < 1.29 is 8.78 Å². The first-order valence-corrected chi connectivity index (χ1v) is 6.62. The van der Waals surface area contributed by atoms with Gasteiger partial charge in [-0.25, -0.2) is 8.78 Å². The molecule has 2 nitrogen and oxygen atoms in total. The molecule has 0 spiro atoms. The Morgan fingerprint density at radius 3 is 2.33 bits per heavy atom. The van der Waals surface area contributed by atoms with Crippen LogP contribution in [-0.4, -0.2) is 18.1 Å². The maximum Gasteiger partial charge on any atom is 0.150 e. The summed E-state index contributed by atoms with van der Waals surface area (Å²) in [5, 5.41) is 0.153. The average Bonchev–Trinajstić information content (AvgIpc) is 2.53. The molecule has 2 aliphatic rings. The van der Waals surface area contributed by atoms with E-state index >= 15 is 0 Å². The molecule has 0 amide bonds. The van der Waals surface area contributed by atoms with Crippen LogP contribution in [0.1, 0.15) is 25.7 Å². The number of nitrogens with two attached hydrogens (primary N) is 1. The van der Waals surface area contributed by atoms with Crippen LogP contribution in [0.3, 0.4) is 0 Å². The Hall–Kier alpha value is -0.870. The van der Waals surface area contributed by atoms with Crippen LogP contribution in [0.15, 0.2) is 12.1 Å². The fourth-order valence-electron chi connectivity index (χ4n) is 3.37. The van der Waals surface area contributed by atoms with Gasteiger partial charge < -0.3 is 10.6 Å². The van der Waals surface area contributed by atoms with Crippen LogP contribution in [0.4, 0.5) is 14.5 Å². The molecular formula is C13H15ClF2N2. The molecule has 2 unspecified atom stereocenters. The van der Waals surface area contributed by atoms with Gasteiger partial charge in [-0.05, 0) is 31.7 Å². The molecule has 5 heteroatoms. The molecule has 1 aromatic rings. The predicted octanol–water partition coefficient (Wildman–Crippen LogP) is 3.08. The molecule has 0 aliphatic carbocycles. The van der Waals surface area contributed by atoms with Crippen molar-refractivity contribution in [2.75, 3.05) is 4.90 Å². The van der Waals surface area contributed by atoms with Gasteiger partial charge in [0.1, 0.15) is 5.82 Å². The molecule has 0 aromatic heterocycles. The van der Waals surface area contributed by atoms with Gasteiger partial charge in [0.2, 0.25) is 0 Å². The molecule has 0 radical (unpaired) electrons. The number of hydrogen-bond donors (Lipinski definition) is 1. The molecule has 2 N–H and O–H groups in total. The smallest absolute Gasteiger partial charge is 0.150 e. The Labute approximate surface area is 110 Å². The maximum absolute atomic E-state index is 14.0. The quantitative estimate of drug-likeness (QED) is 0.851. The van der Waals surface area contributed by atoms with Crippen molar-refractivity contribution in [3.8, 4) is 0 Å². The van der Waals surface area contributed by atoms with E-state index in [9.17, 15) is 8.78 Å². The van der Waals surface area contributed by atoms with Crippen LogP contribution in [0, 0.1) is 11.6 Å². The number of halogens is 3. The lowest BCUT2D eigenvalue weighted by Crippen LogP contribution is -2.48. The second kappa shape index (κ2) is 4.35. The molecule has 18 heavy (non-hydrogen) atoms. The van der Waals surface area contributed by atoms with E-state index in [2.05, 4.69) is 0 Å². The van der Waals surface area contributed by atoms with Gasteiger partial charge in [0.15, 0.2) is 5.82 Å². The first-order chi connectivity index (χ1) is 8.56. The van der Waals surface area contributed by atoms with E-state index in [0.717, 1.165) is 31.7 Å². The van der Waals surface area contributed by atoms with Crippen molar-refractivity contribution in [1.82, 2.24) is 0 Å². The first kappa shape index (κ1) is 12.2. The molecule has 2 fully saturated rings. The van der Waals surface area contributed by atoms with Gasteiger partial charge in [0, 0.05) is 24.2 Å². The SMILES string of the molecule is NC1CC2CCC(C1)N2c1c(F)cc(F)cc1Cl. The Balaban J connectivity index is 2.01. The molecule has 0 saturated carbocycles. The number of fused-ring (bicyclic) bond motifs is 2. The second-order valence-corrected chi connectivity index (χ2v) is 5.65. The van der Waals surface area contributed by atoms with E-state index in [1.54, 1.807) is 0 Å². The second-order valence-electron chi connectivity index (χ2n) is 5.24. The number of nitrogens with zero attached hydrogens (tertiary/aromatic N) is 1. The van der Waals surface area contributed by atoms with Crippen LogP contribution in [0.2, 0.25) is 5.02 Å². The third-order valence-corrected chi connectivity index (χ3v) is 4.30. The topological polar surface area (TPSA) is 29.3 Å². The van der Waals surface area contributed by atoms with E-state index in [0.29, 0.717) is 5.69 Å². The van der Waals surface area contributed by atoms with Crippen molar-refractivity contribution >= 4 is 17.3 Å². The van der Waals surface area contributed by atoms with E-state index in [1.807, 2.05) is 4.90 Å². The molecule has 2 bridgehead atoms. The summed E-state index contributed by atoms with van der Waals surface area (Å²) in [6, 6.07) is 2.72. The Morgan fingerprint density at radius 1 is 1.17 bits per heavy atom. The standard InChI is InChI=1S/C13H15ClF2N2/c14-11-3-7(15)4-12(16)13(11)18-9-1-2-10(18)6-8(17)5-9/h3-4,8-10H,1-2,5-6,17H2. The normalized spacial score (nSPS) is 30.9. The molecule has 2 aliphatic heterocycles.